The topological polar surface area (TPSA) is 54.5 Å². The van der Waals surface area contributed by atoms with Gasteiger partial charge in [-0.05, 0) is 27.2 Å². The highest BCUT2D eigenvalue weighted by atomic mass is 127. The van der Waals surface area contributed by atoms with Crippen molar-refractivity contribution in [2.45, 2.75) is 33.6 Å². The lowest BCUT2D eigenvalue weighted by atomic mass is 10.3. The molecule has 104 valence electrons. The molecule has 0 amide bonds. The Bertz CT molecular complexity index is 361. The molecule has 0 spiro atoms. The lowest BCUT2D eigenvalue weighted by Crippen LogP contribution is -2.37. The van der Waals surface area contributed by atoms with Gasteiger partial charge in [-0.25, -0.2) is 4.98 Å². The molecular formula is C12H23IN4S. The first-order valence-electron chi connectivity index (χ1n) is 6.13. The second-order valence-corrected chi connectivity index (χ2v) is 4.84. The molecule has 2 N–H and O–H groups in total. The molecule has 0 saturated heterocycles. The average Bonchev–Trinajstić information content (AvgIpc) is 2.72. The first-order valence-corrected chi connectivity index (χ1v) is 7.01. The number of guanidine groups is 1. The molecule has 0 atom stereocenters. The van der Waals surface area contributed by atoms with Crippen LogP contribution >= 0.6 is 35.3 Å². The van der Waals surface area contributed by atoms with Gasteiger partial charge < -0.3 is 10.6 Å². The van der Waals surface area contributed by atoms with Crippen LogP contribution in [0, 0.1) is 6.92 Å². The Morgan fingerprint density at radius 1 is 1.44 bits per heavy atom. The van der Waals surface area contributed by atoms with Crippen molar-refractivity contribution >= 4 is 41.3 Å². The minimum atomic E-state index is 0. The van der Waals surface area contributed by atoms with Gasteiger partial charge in [-0.2, -0.15) is 0 Å². The fraction of sp³-hybridized carbons (Fsp3) is 0.667. The van der Waals surface area contributed by atoms with E-state index in [1.54, 1.807) is 11.3 Å². The number of thiazole rings is 1. The lowest BCUT2D eigenvalue weighted by Gasteiger charge is -2.19. The van der Waals surface area contributed by atoms with Crippen molar-refractivity contribution < 1.29 is 0 Å². The molecule has 0 bridgehead atoms. The molecule has 0 aliphatic heterocycles. The second-order valence-electron chi connectivity index (χ2n) is 3.90. The van der Waals surface area contributed by atoms with Crippen molar-refractivity contribution in [2.24, 2.45) is 10.7 Å². The highest BCUT2D eigenvalue weighted by Gasteiger charge is 2.02. The average molecular weight is 382 g/mol. The monoisotopic (exact) mass is 382 g/mol. The van der Waals surface area contributed by atoms with E-state index in [1.165, 1.54) is 5.01 Å². The van der Waals surface area contributed by atoms with Gasteiger partial charge in [0.15, 0.2) is 5.96 Å². The summed E-state index contributed by atoms with van der Waals surface area (Å²) in [6.07, 6.45) is 2.00. The number of hydrogen-bond acceptors (Lipinski definition) is 3. The lowest BCUT2D eigenvalue weighted by molar-refractivity contribution is 0.458. The van der Waals surface area contributed by atoms with Crippen LogP contribution in [0.25, 0.3) is 0 Å². The van der Waals surface area contributed by atoms with Crippen molar-refractivity contribution in [1.29, 1.82) is 0 Å². The summed E-state index contributed by atoms with van der Waals surface area (Å²) < 4.78 is 0. The molecule has 6 heteroatoms. The van der Waals surface area contributed by atoms with E-state index in [2.05, 4.69) is 34.1 Å². The normalized spacial score (nSPS) is 11.2. The molecule has 0 aliphatic carbocycles. The van der Waals surface area contributed by atoms with E-state index in [1.807, 2.05) is 6.92 Å². The molecule has 1 aromatic heterocycles. The van der Waals surface area contributed by atoms with Gasteiger partial charge in [0, 0.05) is 37.1 Å². The zero-order valence-electron chi connectivity index (χ0n) is 11.3. The van der Waals surface area contributed by atoms with Crippen LogP contribution in [0.5, 0.6) is 0 Å². The molecule has 1 heterocycles. The zero-order chi connectivity index (χ0) is 12.7. The maximum Gasteiger partial charge on any atom is 0.191 e. The van der Waals surface area contributed by atoms with Gasteiger partial charge in [0.1, 0.15) is 0 Å². The maximum atomic E-state index is 5.89. The van der Waals surface area contributed by atoms with Gasteiger partial charge in [0.2, 0.25) is 0 Å². The van der Waals surface area contributed by atoms with Crippen LogP contribution in [0.3, 0.4) is 0 Å². The van der Waals surface area contributed by atoms with E-state index in [0.29, 0.717) is 5.96 Å². The summed E-state index contributed by atoms with van der Waals surface area (Å²) in [5, 5.41) is 3.28. The number of rotatable bonds is 6. The third kappa shape index (κ3) is 5.99. The van der Waals surface area contributed by atoms with E-state index in [9.17, 15) is 0 Å². The summed E-state index contributed by atoms with van der Waals surface area (Å²) in [6.45, 7) is 8.81. The predicted octanol–water partition coefficient (Wildman–Crippen LogP) is 2.66. The van der Waals surface area contributed by atoms with Crippen LogP contribution in [0.15, 0.2) is 10.4 Å². The number of nitrogens with two attached hydrogens (primary N) is 1. The van der Waals surface area contributed by atoms with Gasteiger partial charge in [0.25, 0.3) is 0 Å². The SMILES string of the molecule is CCN(CC)C(N)=NCCCc1nc(C)cs1.I. The number of aromatic nitrogens is 1. The van der Waals surface area contributed by atoms with Crippen molar-refractivity contribution in [3.8, 4) is 0 Å². The molecule has 0 saturated carbocycles. The van der Waals surface area contributed by atoms with Gasteiger partial charge in [-0.15, -0.1) is 35.3 Å². The highest BCUT2D eigenvalue weighted by molar-refractivity contribution is 14.0. The fourth-order valence-corrected chi connectivity index (χ4v) is 2.41. The van der Waals surface area contributed by atoms with E-state index >= 15 is 0 Å². The van der Waals surface area contributed by atoms with E-state index in [4.69, 9.17) is 5.73 Å². The maximum absolute atomic E-state index is 5.89. The van der Waals surface area contributed by atoms with Crippen molar-refractivity contribution in [1.82, 2.24) is 9.88 Å². The molecule has 0 radical (unpaired) electrons. The number of nitrogens with zero attached hydrogens (tertiary/aromatic N) is 3. The van der Waals surface area contributed by atoms with Crippen LogP contribution in [0.1, 0.15) is 31.0 Å². The first kappa shape index (κ1) is 17.6. The summed E-state index contributed by atoms with van der Waals surface area (Å²) in [7, 11) is 0. The molecule has 0 unspecified atom stereocenters. The number of hydrogen-bond donors (Lipinski definition) is 1. The Labute approximate surface area is 131 Å². The van der Waals surface area contributed by atoms with Crippen molar-refractivity contribution in [3.63, 3.8) is 0 Å². The largest absolute Gasteiger partial charge is 0.370 e. The standard InChI is InChI=1S/C12H22N4S.HI/c1-4-16(5-2)12(13)14-8-6-7-11-15-10(3)9-17-11;/h9H,4-8H2,1-3H3,(H2,13,14);1H. The summed E-state index contributed by atoms with van der Waals surface area (Å²) in [6, 6.07) is 0. The quantitative estimate of drug-likeness (QED) is 0.356. The summed E-state index contributed by atoms with van der Waals surface area (Å²) >= 11 is 1.72. The molecule has 0 aromatic carbocycles. The van der Waals surface area contributed by atoms with Crippen LogP contribution in [-0.4, -0.2) is 35.5 Å². The Hall–Kier alpha value is -0.370. The fourth-order valence-electron chi connectivity index (χ4n) is 1.59. The third-order valence-corrected chi connectivity index (χ3v) is 3.60. The molecule has 1 aromatic rings. The van der Waals surface area contributed by atoms with E-state index < -0.39 is 0 Å². The minimum absolute atomic E-state index is 0. The molecular weight excluding hydrogens is 359 g/mol. The molecule has 4 nitrogen and oxygen atoms in total. The van der Waals surface area contributed by atoms with Gasteiger partial charge in [-0.1, -0.05) is 0 Å². The zero-order valence-corrected chi connectivity index (χ0v) is 14.5. The van der Waals surface area contributed by atoms with Crippen molar-refractivity contribution in [3.05, 3.63) is 16.1 Å². The number of aryl methyl sites for hydroxylation is 2. The Kier molecular flexibility index (Phi) is 9.35. The Morgan fingerprint density at radius 2 is 2.11 bits per heavy atom. The van der Waals surface area contributed by atoms with E-state index in [0.717, 1.165) is 38.2 Å². The molecule has 18 heavy (non-hydrogen) atoms. The first-order chi connectivity index (χ1) is 8.17. The van der Waals surface area contributed by atoms with Crippen LogP contribution in [0.2, 0.25) is 0 Å². The number of aliphatic imine (C=N–C) groups is 1. The number of halogens is 1. The van der Waals surface area contributed by atoms with Crippen LogP contribution in [0.4, 0.5) is 0 Å². The smallest absolute Gasteiger partial charge is 0.191 e. The Balaban J connectivity index is 0.00000289. The predicted molar refractivity (Wildman–Crippen MR) is 90.0 cm³/mol. The minimum Gasteiger partial charge on any atom is -0.370 e. The molecule has 1 rings (SSSR count). The second kappa shape index (κ2) is 9.55. The van der Waals surface area contributed by atoms with Gasteiger partial charge >= 0.3 is 0 Å². The van der Waals surface area contributed by atoms with Crippen molar-refractivity contribution in [2.75, 3.05) is 19.6 Å². The van der Waals surface area contributed by atoms with Crippen LogP contribution in [-0.2, 0) is 6.42 Å². The van der Waals surface area contributed by atoms with Gasteiger partial charge in [0.05, 0.1) is 5.01 Å². The summed E-state index contributed by atoms with van der Waals surface area (Å²) in [5.74, 6) is 0.658. The molecule has 0 fully saturated rings. The third-order valence-electron chi connectivity index (χ3n) is 2.58. The molecule has 0 aliphatic rings. The highest BCUT2D eigenvalue weighted by Crippen LogP contribution is 2.10. The van der Waals surface area contributed by atoms with Crippen LogP contribution < -0.4 is 5.73 Å². The Morgan fingerprint density at radius 3 is 2.61 bits per heavy atom. The van der Waals surface area contributed by atoms with Gasteiger partial charge in [-0.3, -0.25) is 4.99 Å². The summed E-state index contributed by atoms with van der Waals surface area (Å²) in [4.78, 5) is 10.9. The summed E-state index contributed by atoms with van der Waals surface area (Å²) in [5.41, 5.74) is 6.99. The van der Waals surface area contributed by atoms with E-state index in [-0.39, 0.29) is 24.0 Å².